The SMILES string of the molecule is CC1CS(=O)(=O)CCN1C(=O)C1(c2ccc(N)cc2)CC1. The molecule has 5 nitrogen and oxygen atoms in total. The second kappa shape index (κ2) is 4.73. The maximum Gasteiger partial charge on any atom is 0.233 e. The number of carbonyl (C=O) groups excluding carboxylic acids is 1. The molecule has 1 atom stereocenters. The van der Waals surface area contributed by atoms with Crippen LogP contribution in [0.2, 0.25) is 0 Å². The summed E-state index contributed by atoms with van der Waals surface area (Å²) in [6.07, 6.45) is 1.65. The minimum Gasteiger partial charge on any atom is -0.399 e. The number of nitrogen functional groups attached to an aromatic ring is 1. The lowest BCUT2D eigenvalue weighted by molar-refractivity contribution is -0.135. The van der Waals surface area contributed by atoms with E-state index < -0.39 is 15.3 Å². The molecule has 1 saturated carbocycles. The average Bonchev–Trinajstić information content (AvgIpc) is 3.19. The molecular formula is C15H20N2O3S. The summed E-state index contributed by atoms with van der Waals surface area (Å²) < 4.78 is 23.3. The van der Waals surface area contributed by atoms with Crippen molar-refractivity contribution in [3.8, 4) is 0 Å². The van der Waals surface area contributed by atoms with Crippen LogP contribution >= 0.6 is 0 Å². The quantitative estimate of drug-likeness (QED) is 0.825. The van der Waals surface area contributed by atoms with Crippen molar-refractivity contribution in [2.75, 3.05) is 23.8 Å². The van der Waals surface area contributed by atoms with Crippen molar-refractivity contribution in [3.05, 3.63) is 29.8 Å². The molecule has 1 aliphatic carbocycles. The van der Waals surface area contributed by atoms with Gasteiger partial charge >= 0.3 is 0 Å². The van der Waals surface area contributed by atoms with E-state index in [1.165, 1.54) is 0 Å². The number of amides is 1. The van der Waals surface area contributed by atoms with Crippen LogP contribution in [0.15, 0.2) is 24.3 Å². The highest BCUT2D eigenvalue weighted by Gasteiger charge is 2.54. The number of hydrogen-bond donors (Lipinski definition) is 1. The van der Waals surface area contributed by atoms with Crippen molar-refractivity contribution < 1.29 is 13.2 Å². The summed E-state index contributed by atoms with van der Waals surface area (Å²) in [5.74, 6) is 0.201. The van der Waals surface area contributed by atoms with Gasteiger partial charge in [0, 0.05) is 18.3 Å². The van der Waals surface area contributed by atoms with Gasteiger partial charge in [-0.25, -0.2) is 8.42 Å². The molecule has 1 amide bonds. The molecule has 1 unspecified atom stereocenters. The van der Waals surface area contributed by atoms with Gasteiger partial charge in [-0.15, -0.1) is 0 Å². The smallest absolute Gasteiger partial charge is 0.233 e. The van der Waals surface area contributed by atoms with E-state index in [0.29, 0.717) is 12.2 Å². The number of benzene rings is 1. The normalized spacial score (nSPS) is 26.3. The first-order chi connectivity index (χ1) is 9.84. The van der Waals surface area contributed by atoms with E-state index in [0.717, 1.165) is 18.4 Å². The van der Waals surface area contributed by atoms with Gasteiger partial charge in [0.05, 0.1) is 16.9 Å². The number of hydrogen-bond acceptors (Lipinski definition) is 4. The predicted octanol–water partition coefficient (Wildman–Crippen LogP) is 0.946. The molecule has 3 rings (SSSR count). The van der Waals surface area contributed by atoms with Crippen molar-refractivity contribution >= 4 is 21.4 Å². The van der Waals surface area contributed by atoms with Crippen LogP contribution < -0.4 is 5.73 Å². The molecule has 1 aromatic carbocycles. The Bertz CT molecular complexity index is 663. The van der Waals surface area contributed by atoms with Gasteiger partial charge in [-0.3, -0.25) is 4.79 Å². The number of sulfone groups is 1. The number of nitrogens with zero attached hydrogens (tertiary/aromatic N) is 1. The molecule has 1 saturated heterocycles. The molecule has 2 N–H and O–H groups in total. The number of carbonyl (C=O) groups is 1. The fourth-order valence-electron chi connectivity index (χ4n) is 3.13. The van der Waals surface area contributed by atoms with Gasteiger partial charge < -0.3 is 10.6 Å². The molecule has 0 bridgehead atoms. The van der Waals surface area contributed by atoms with Crippen LogP contribution in [0.1, 0.15) is 25.3 Å². The van der Waals surface area contributed by atoms with Gasteiger partial charge in [-0.1, -0.05) is 12.1 Å². The Labute approximate surface area is 125 Å². The molecule has 114 valence electrons. The summed E-state index contributed by atoms with van der Waals surface area (Å²) in [4.78, 5) is 14.6. The van der Waals surface area contributed by atoms with Crippen LogP contribution in [0.4, 0.5) is 5.69 Å². The maximum atomic E-state index is 12.9. The van der Waals surface area contributed by atoms with Crippen LogP contribution in [-0.2, 0) is 20.0 Å². The molecule has 21 heavy (non-hydrogen) atoms. The second-order valence-electron chi connectivity index (χ2n) is 6.17. The standard InChI is InChI=1S/C15H20N2O3S/c1-11-10-21(19,20)9-8-17(11)14(18)15(6-7-15)12-2-4-13(16)5-3-12/h2-5,11H,6-10,16H2,1H3. The number of rotatable bonds is 2. The summed E-state index contributed by atoms with van der Waals surface area (Å²) in [5, 5.41) is 0. The van der Waals surface area contributed by atoms with E-state index in [-0.39, 0.29) is 23.5 Å². The summed E-state index contributed by atoms with van der Waals surface area (Å²) >= 11 is 0. The first kappa shape index (κ1) is 14.4. The Hall–Kier alpha value is -1.56. The molecule has 1 aliphatic heterocycles. The van der Waals surface area contributed by atoms with E-state index in [9.17, 15) is 13.2 Å². The lowest BCUT2D eigenvalue weighted by Gasteiger charge is -2.36. The molecule has 2 aliphatic rings. The molecule has 6 heteroatoms. The van der Waals surface area contributed by atoms with Gasteiger partial charge in [0.2, 0.25) is 5.91 Å². The van der Waals surface area contributed by atoms with Gasteiger partial charge in [0.15, 0.2) is 9.84 Å². The fourth-order valence-corrected chi connectivity index (χ4v) is 4.68. The average molecular weight is 308 g/mol. The Kier molecular flexibility index (Phi) is 3.24. The zero-order valence-electron chi connectivity index (χ0n) is 12.1. The highest BCUT2D eigenvalue weighted by atomic mass is 32.2. The number of nitrogens with two attached hydrogens (primary N) is 1. The molecule has 2 fully saturated rings. The molecule has 0 spiro atoms. The van der Waals surface area contributed by atoms with E-state index in [1.807, 2.05) is 31.2 Å². The molecule has 1 aromatic rings. The van der Waals surface area contributed by atoms with E-state index >= 15 is 0 Å². The summed E-state index contributed by atoms with van der Waals surface area (Å²) in [6, 6.07) is 7.19. The minimum absolute atomic E-state index is 0.0645. The van der Waals surface area contributed by atoms with Gasteiger partial charge in [0.1, 0.15) is 0 Å². The van der Waals surface area contributed by atoms with E-state index in [2.05, 4.69) is 0 Å². The predicted molar refractivity (Wildman–Crippen MR) is 81.6 cm³/mol. The topological polar surface area (TPSA) is 80.5 Å². The van der Waals surface area contributed by atoms with Crippen LogP contribution in [0.25, 0.3) is 0 Å². The first-order valence-electron chi connectivity index (χ1n) is 7.22. The lowest BCUT2D eigenvalue weighted by Crippen LogP contribution is -2.52. The Morgan fingerprint density at radius 1 is 1.29 bits per heavy atom. The zero-order chi connectivity index (χ0) is 15.3. The first-order valence-corrected chi connectivity index (χ1v) is 9.04. The van der Waals surface area contributed by atoms with Crippen LogP contribution in [-0.4, -0.2) is 43.3 Å². The van der Waals surface area contributed by atoms with Crippen molar-refractivity contribution in [1.29, 1.82) is 0 Å². The lowest BCUT2D eigenvalue weighted by atomic mass is 9.93. The van der Waals surface area contributed by atoms with Crippen molar-refractivity contribution in [2.24, 2.45) is 0 Å². The largest absolute Gasteiger partial charge is 0.399 e. The fraction of sp³-hybridized carbons (Fsp3) is 0.533. The van der Waals surface area contributed by atoms with Gasteiger partial charge in [-0.2, -0.15) is 0 Å². The third-order valence-electron chi connectivity index (χ3n) is 4.55. The monoisotopic (exact) mass is 308 g/mol. The zero-order valence-corrected chi connectivity index (χ0v) is 12.9. The van der Waals surface area contributed by atoms with Crippen molar-refractivity contribution in [3.63, 3.8) is 0 Å². The summed E-state index contributed by atoms with van der Waals surface area (Å²) in [5.41, 5.74) is 6.91. The van der Waals surface area contributed by atoms with E-state index in [1.54, 1.807) is 4.90 Å². The summed E-state index contributed by atoms with van der Waals surface area (Å²) in [7, 11) is -3.00. The van der Waals surface area contributed by atoms with Crippen molar-refractivity contribution in [2.45, 2.75) is 31.2 Å². The van der Waals surface area contributed by atoms with Crippen molar-refractivity contribution in [1.82, 2.24) is 4.90 Å². The van der Waals surface area contributed by atoms with Crippen LogP contribution in [0.3, 0.4) is 0 Å². The Balaban J connectivity index is 1.84. The molecular weight excluding hydrogens is 288 g/mol. The summed E-state index contributed by atoms with van der Waals surface area (Å²) in [6.45, 7) is 2.12. The van der Waals surface area contributed by atoms with Crippen LogP contribution in [0, 0.1) is 0 Å². The second-order valence-corrected chi connectivity index (χ2v) is 8.39. The maximum absolute atomic E-state index is 12.9. The Morgan fingerprint density at radius 3 is 2.43 bits per heavy atom. The van der Waals surface area contributed by atoms with Gasteiger partial charge in [0.25, 0.3) is 0 Å². The Morgan fingerprint density at radius 2 is 1.90 bits per heavy atom. The third-order valence-corrected chi connectivity index (χ3v) is 6.35. The highest BCUT2D eigenvalue weighted by molar-refractivity contribution is 7.91. The van der Waals surface area contributed by atoms with Crippen LogP contribution in [0.5, 0.6) is 0 Å². The molecule has 0 radical (unpaired) electrons. The van der Waals surface area contributed by atoms with Gasteiger partial charge in [-0.05, 0) is 37.5 Å². The number of anilines is 1. The van der Waals surface area contributed by atoms with E-state index in [4.69, 9.17) is 5.73 Å². The molecule has 1 heterocycles. The molecule has 0 aromatic heterocycles. The minimum atomic E-state index is -3.00. The third kappa shape index (κ3) is 2.52. The highest BCUT2D eigenvalue weighted by Crippen LogP contribution is 2.50.